The number of nitrogens with one attached hydrogen (secondary N) is 2. The van der Waals surface area contributed by atoms with Crippen LogP contribution in [0.4, 0.5) is 5.82 Å². The molecule has 2 rings (SSSR count). The normalized spacial score (nSPS) is 9.75. The van der Waals surface area contributed by atoms with Crippen molar-refractivity contribution in [2.24, 2.45) is 0 Å². The maximum atomic E-state index is 8.79. The molecule has 0 amide bonds. The fraction of sp³-hybridized carbons (Fsp3) is 0.100. The lowest BCUT2D eigenvalue weighted by molar-refractivity contribution is 0.988. The molecule has 0 bridgehead atoms. The number of hydrogen-bond donors (Lipinski definition) is 2. The van der Waals surface area contributed by atoms with Gasteiger partial charge in [0, 0.05) is 18.6 Å². The Morgan fingerprint density at radius 3 is 3.00 bits per heavy atom. The Kier molecular flexibility index (Phi) is 3.03. The first kappa shape index (κ1) is 10.5. The van der Waals surface area contributed by atoms with Crippen molar-refractivity contribution in [3.8, 4) is 6.07 Å². The van der Waals surface area contributed by atoms with Gasteiger partial charge in [0.15, 0.2) is 0 Å². The van der Waals surface area contributed by atoms with Gasteiger partial charge in [-0.2, -0.15) is 5.26 Å². The molecule has 0 radical (unpaired) electrons. The van der Waals surface area contributed by atoms with Crippen molar-refractivity contribution in [3.63, 3.8) is 0 Å². The molecule has 0 spiro atoms. The van der Waals surface area contributed by atoms with Crippen molar-refractivity contribution in [2.75, 3.05) is 5.32 Å². The van der Waals surface area contributed by atoms with Crippen LogP contribution in [0.15, 0.2) is 24.7 Å². The summed E-state index contributed by atoms with van der Waals surface area (Å²) in [6, 6.07) is 3.56. The van der Waals surface area contributed by atoms with Gasteiger partial charge in [-0.05, 0) is 6.07 Å². The zero-order valence-electron chi connectivity index (χ0n) is 8.24. The van der Waals surface area contributed by atoms with Gasteiger partial charge < -0.3 is 10.3 Å². The van der Waals surface area contributed by atoms with Crippen LogP contribution in [0.2, 0.25) is 5.02 Å². The van der Waals surface area contributed by atoms with Crippen LogP contribution < -0.4 is 5.32 Å². The standard InChI is InChI=1S/C10H8ClN5/c11-9-7(5-12)1-2-15-10(9)16-6-8-13-3-4-14-8/h1-4H,6H2,(H,13,14)(H,15,16). The Morgan fingerprint density at radius 2 is 2.31 bits per heavy atom. The number of pyridine rings is 1. The second-order valence-electron chi connectivity index (χ2n) is 3.02. The Morgan fingerprint density at radius 1 is 1.44 bits per heavy atom. The molecule has 0 saturated heterocycles. The van der Waals surface area contributed by atoms with Crippen LogP contribution in [-0.4, -0.2) is 15.0 Å². The van der Waals surface area contributed by atoms with Crippen LogP contribution in [0.5, 0.6) is 0 Å². The van der Waals surface area contributed by atoms with E-state index in [1.54, 1.807) is 18.5 Å². The van der Waals surface area contributed by atoms with Gasteiger partial charge in [-0.3, -0.25) is 0 Å². The third-order valence-electron chi connectivity index (χ3n) is 1.99. The van der Waals surface area contributed by atoms with Crippen molar-refractivity contribution < 1.29 is 0 Å². The number of halogens is 1. The highest BCUT2D eigenvalue weighted by atomic mass is 35.5. The number of aromatic amines is 1. The molecule has 0 aliphatic heterocycles. The summed E-state index contributed by atoms with van der Waals surface area (Å²) in [5.74, 6) is 1.26. The number of H-pyrrole nitrogens is 1. The van der Waals surface area contributed by atoms with E-state index in [4.69, 9.17) is 16.9 Å². The van der Waals surface area contributed by atoms with Crippen molar-refractivity contribution in [1.82, 2.24) is 15.0 Å². The van der Waals surface area contributed by atoms with Gasteiger partial charge in [-0.25, -0.2) is 9.97 Å². The molecule has 6 heteroatoms. The third kappa shape index (κ3) is 2.12. The van der Waals surface area contributed by atoms with E-state index in [2.05, 4.69) is 20.3 Å². The number of aromatic nitrogens is 3. The third-order valence-corrected chi connectivity index (χ3v) is 2.37. The Labute approximate surface area is 97.1 Å². The van der Waals surface area contributed by atoms with E-state index in [1.807, 2.05) is 6.07 Å². The molecule has 0 fully saturated rings. The molecule has 0 aromatic carbocycles. The largest absolute Gasteiger partial charge is 0.362 e. The predicted molar refractivity (Wildman–Crippen MR) is 59.9 cm³/mol. The molecule has 0 aliphatic rings. The minimum absolute atomic E-state index is 0.330. The van der Waals surface area contributed by atoms with E-state index < -0.39 is 0 Å². The van der Waals surface area contributed by atoms with E-state index >= 15 is 0 Å². The highest BCUT2D eigenvalue weighted by Crippen LogP contribution is 2.22. The molecule has 5 nitrogen and oxygen atoms in total. The lowest BCUT2D eigenvalue weighted by Gasteiger charge is -2.05. The first-order valence-corrected chi connectivity index (χ1v) is 4.96. The van der Waals surface area contributed by atoms with E-state index in [0.717, 1.165) is 5.82 Å². The van der Waals surface area contributed by atoms with E-state index in [0.29, 0.717) is 22.9 Å². The SMILES string of the molecule is N#Cc1ccnc(NCc2ncc[nH]2)c1Cl. The van der Waals surface area contributed by atoms with Gasteiger partial charge in [-0.15, -0.1) is 0 Å². The second kappa shape index (κ2) is 4.64. The predicted octanol–water partition coefficient (Wildman–Crippen LogP) is 1.94. The number of anilines is 1. The average Bonchev–Trinajstić information content (AvgIpc) is 2.81. The molecular formula is C10H8ClN5. The van der Waals surface area contributed by atoms with Gasteiger partial charge in [-0.1, -0.05) is 11.6 Å². The van der Waals surface area contributed by atoms with Crippen molar-refractivity contribution in [1.29, 1.82) is 5.26 Å². The van der Waals surface area contributed by atoms with E-state index in [1.165, 1.54) is 6.20 Å². The van der Waals surface area contributed by atoms with Crippen LogP contribution >= 0.6 is 11.6 Å². The van der Waals surface area contributed by atoms with Crippen LogP contribution in [0.3, 0.4) is 0 Å². The monoisotopic (exact) mass is 233 g/mol. The topological polar surface area (TPSA) is 77.4 Å². The Bertz CT molecular complexity index is 515. The second-order valence-corrected chi connectivity index (χ2v) is 3.40. The quantitative estimate of drug-likeness (QED) is 0.849. The van der Waals surface area contributed by atoms with Crippen molar-refractivity contribution in [2.45, 2.75) is 6.54 Å². The molecule has 2 N–H and O–H groups in total. The molecule has 0 saturated carbocycles. The number of hydrogen-bond acceptors (Lipinski definition) is 4. The van der Waals surface area contributed by atoms with Gasteiger partial charge in [0.2, 0.25) is 0 Å². The minimum atomic E-state index is 0.330. The molecule has 2 aromatic heterocycles. The Hall–Kier alpha value is -2.06. The smallest absolute Gasteiger partial charge is 0.146 e. The molecule has 80 valence electrons. The van der Waals surface area contributed by atoms with Gasteiger partial charge in [0.25, 0.3) is 0 Å². The van der Waals surface area contributed by atoms with E-state index in [9.17, 15) is 0 Å². The summed E-state index contributed by atoms with van der Waals surface area (Å²) >= 11 is 5.97. The zero-order valence-corrected chi connectivity index (χ0v) is 8.99. The van der Waals surface area contributed by atoms with Crippen LogP contribution in [-0.2, 0) is 6.54 Å². The summed E-state index contributed by atoms with van der Waals surface area (Å²) in [6.07, 6.45) is 4.93. The highest BCUT2D eigenvalue weighted by Gasteiger charge is 2.06. The molecule has 2 aromatic rings. The lowest BCUT2D eigenvalue weighted by Crippen LogP contribution is -2.03. The number of imidazole rings is 1. The van der Waals surface area contributed by atoms with Crippen molar-refractivity contribution >= 4 is 17.4 Å². The summed E-state index contributed by atoms with van der Waals surface area (Å²) in [7, 11) is 0. The van der Waals surface area contributed by atoms with E-state index in [-0.39, 0.29) is 0 Å². The summed E-state index contributed by atoms with van der Waals surface area (Å²) in [5, 5.41) is 12.1. The molecule has 0 aliphatic carbocycles. The fourth-order valence-corrected chi connectivity index (χ4v) is 1.44. The van der Waals surface area contributed by atoms with Gasteiger partial charge in [0.05, 0.1) is 12.1 Å². The number of rotatable bonds is 3. The maximum Gasteiger partial charge on any atom is 0.146 e. The minimum Gasteiger partial charge on any atom is -0.362 e. The van der Waals surface area contributed by atoms with Crippen LogP contribution in [0.25, 0.3) is 0 Å². The molecule has 0 atom stereocenters. The number of nitrogens with zero attached hydrogens (tertiary/aromatic N) is 3. The summed E-state index contributed by atoms with van der Waals surface area (Å²) in [5.41, 5.74) is 0.401. The first-order chi connectivity index (χ1) is 7.81. The molecule has 2 heterocycles. The molecule has 0 unspecified atom stereocenters. The lowest BCUT2D eigenvalue weighted by atomic mass is 10.3. The molecule has 16 heavy (non-hydrogen) atoms. The zero-order chi connectivity index (χ0) is 11.4. The number of nitriles is 1. The Balaban J connectivity index is 2.13. The highest BCUT2D eigenvalue weighted by molar-refractivity contribution is 6.34. The van der Waals surface area contributed by atoms with Crippen LogP contribution in [0.1, 0.15) is 11.4 Å². The maximum absolute atomic E-state index is 8.79. The molecular weight excluding hydrogens is 226 g/mol. The van der Waals surface area contributed by atoms with Gasteiger partial charge in [0.1, 0.15) is 22.7 Å². The van der Waals surface area contributed by atoms with Gasteiger partial charge >= 0.3 is 0 Å². The summed E-state index contributed by atoms with van der Waals surface area (Å²) in [6.45, 7) is 0.481. The average molecular weight is 234 g/mol. The fourth-order valence-electron chi connectivity index (χ4n) is 1.22. The summed E-state index contributed by atoms with van der Waals surface area (Å²) in [4.78, 5) is 11.0. The first-order valence-electron chi connectivity index (χ1n) is 4.58. The summed E-state index contributed by atoms with van der Waals surface area (Å²) < 4.78 is 0. The van der Waals surface area contributed by atoms with Crippen molar-refractivity contribution in [3.05, 3.63) is 41.1 Å². The van der Waals surface area contributed by atoms with Crippen LogP contribution in [0, 0.1) is 11.3 Å².